The molecule has 280 valence electrons. The van der Waals surface area contributed by atoms with E-state index in [9.17, 15) is 55.9 Å². The predicted octanol–water partition coefficient (Wildman–Crippen LogP) is -2.60. The third-order valence-corrected chi connectivity index (χ3v) is 9.15. The SMILES string of the molecule is C[C@@H]1O[C@@H](OC[C@H]2O[C@@H](Oc3c(-c4ccc(O)cc4)oc4cc(O[C@@H]5O[C@@H](C)[C@H](O)[C@@H](O)[C@H]5O)ccc4c3=O)[C@H](O)[C@@H](O)[C@H]2O)[C@H](O)[C@H](O)[C@H]1O. The molecule has 0 saturated carbocycles. The summed E-state index contributed by atoms with van der Waals surface area (Å²) < 4.78 is 39.8. The van der Waals surface area contributed by atoms with Crippen LogP contribution in [0.5, 0.6) is 17.2 Å². The molecule has 0 radical (unpaired) electrons. The van der Waals surface area contributed by atoms with Gasteiger partial charge in [-0.25, -0.2) is 0 Å². The highest BCUT2D eigenvalue weighted by Gasteiger charge is 2.48. The zero-order chi connectivity index (χ0) is 36.9. The highest BCUT2D eigenvalue weighted by Crippen LogP contribution is 2.36. The Balaban J connectivity index is 1.29. The van der Waals surface area contributed by atoms with E-state index in [1.807, 2.05) is 0 Å². The molecular weight excluding hydrogens is 684 g/mol. The topological polar surface area (TPSA) is 288 Å². The van der Waals surface area contributed by atoms with Gasteiger partial charge in [-0.05, 0) is 50.2 Å². The van der Waals surface area contributed by atoms with Crippen LogP contribution in [-0.4, -0.2) is 150 Å². The molecule has 1 aromatic heterocycles. The summed E-state index contributed by atoms with van der Waals surface area (Å²) in [6.07, 6.45) is -22.7. The molecule has 3 aliphatic rings. The first kappa shape index (κ1) is 37.3. The van der Waals surface area contributed by atoms with Crippen LogP contribution in [0.4, 0.5) is 0 Å². The van der Waals surface area contributed by atoms with Crippen LogP contribution in [0.3, 0.4) is 0 Å². The third-order valence-electron chi connectivity index (χ3n) is 9.15. The van der Waals surface area contributed by atoms with E-state index in [1.165, 1.54) is 56.3 Å². The van der Waals surface area contributed by atoms with Crippen molar-refractivity contribution in [2.24, 2.45) is 0 Å². The van der Waals surface area contributed by atoms with Crippen LogP contribution < -0.4 is 14.9 Å². The number of fused-ring (bicyclic) bond motifs is 1. The molecule has 18 nitrogen and oxygen atoms in total. The molecule has 0 amide bonds. The molecule has 3 saturated heterocycles. The number of phenolic OH excluding ortho intramolecular Hbond substituents is 1. The van der Waals surface area contributed by atoms with Crippen LogP contribution in [0.1, 0.15) is 13.8 Å². The first-order valence-corrected chi connectivity index (χ1v) is 16.1. The zero-order valence-corrected chi connectivity index (χ0v) is 27.1. The van der Waals surface area contributed by atoms with Gasteiger partial charge in [0, 0.05) is 11.6 Å². The van der Waals surface area contributed by atoms with Gasteiger partial charge >= 0.3 is 0 Å². The molecule has 0 spiro atoms. The molecule has 3 aromatic rings. The predicted molar refractivity (Wildman–Crippen MR) is 168 cm³/mol. The summed E-state index contributed by atoms with van der Waals surface area (Å²) in [4.78, 5) is 14.0. The normalized spacial score (nSPS) is 38.8. The average molecular weight is 725 g/mol. The molecule has 6 rings (SSSR count). The number of aliphatic hydroxyl groups is 9. The summed E-state index contributed by atoms with van der Waals surface area (Å²) in [7, 11) is 0. The molecule has 3 aliphatic heterocycles. The van der Waals surface area contributed by atoms with Crippen LogP contribution in [0.2, 0.25) is 0 Å². The maximum atomic E-state index is 14.0. The Hall–Kier alpha value is -3.47. The Kier molecular flexibility index (Phi) is 10.9. The Morgan fingerprint density at radius 3 is 1.80 bits per heavy atom. The van der Waals surface area contributed by atoms with Crippen molar-refractivity contribution in [3.8, 4) is 28.6 Å². The van der Waals surface area contributed by atoms with Crippen molar-refractivity contribution in [3.63, 3.8) is 0 Å². The summed E-state index contributed by atoms with van der Waals surface area (Å²) >= 11 is 0. The van der Waals surface area contributed by atoms with Gasteiger partial charge in [-0.3, -0.25) is 4.79 Å². The number of benzene rings is 2. The Bertz CT molecular complexity index is 1720. The van der Waals surface area contributed by atoms with Crippen molar-refractivity contribution in [2.45, 2.75) is 106 Å². The highest BCUT2D eigenvalue weighted by atomic mass is 16.7. The smallest absolute Gasteiger partial charge is 0.235 e. The second kappa shape index (κ2) is 14.9. The van der Waals surface area contributed by atoms with Crippen LogP contribution in [0, 0.1) is 0 Å². The van der Waals surface area contributed by atoms with Gasteiger partial charge in [-0.2, -0.15) is 0 Å². The fourth-order valence-corrected chi connectivity index (χ4v) is 5.99. The Labute approximate surface area is 288 Å². The molecule has 51 heavy (non-hydrogen) atoms. The molecule has 4 heterocycles. The van der Waals surface area contributed by atoms with Gasteiger partial charge in [0.2, 0.25) is 23.8 Å². The highest BCUT2D eigenvalue weighted by molar-refractivity contribution is 5.83. The van der Waals surface area contributed by atoms with Crippen molar-refractivity contribution < 1.29 is 83.9 Å². The fraction of sp³-hybridized carbons (Fsp3) is 0.545. The van der Waals surface area contributed by atoms with Crippen molar-refractivity contribution in [2.75, 3.05) is 6.61 Å². The maximum absolute atomic E-state index is 14.0. The van der Waals surface area contributed by atoms with Crippen LogP contribution in [0.25, 0.3) is 22.3 Å². The number of aromatic hydroxyl groups is 1. The van der Waals surface area contributed by atoms with Crippen molar-refractivity contribution in [3.05, 3.63) is 52.7 Å². The molecule has 10 N–H and O–H groups in total. The average Bonchev–Trinajstić information content (AvgIpc) is 3.11. The summed E-state index contributed by atoms with van der Waals surface area (Å²) in [5, 5.41) is 103. The number of phenols is 1. The van der Waals surface area contributed by atoms with Gasteiger partial charge < -0.3 is 83.9 Å². The lowest BCUT2D eigenvalue weighted by molar-refractivity contribution is -0.318. The minimum absolute atomic E-state index is 0.0466. The van der Waals surface area contributed by atoms with Gasteiger partial charge in [0.05, 0.1) is 24.2 Å². The van der Waals surface area contributed by atoms with Gasteiger partial charge in [0.15, 0.2) is 12.1 Å². The Morgan fingerprint density at radius 1 is 0.627 bits per heavy atom. The summed E-state index contributed by atoms with van der Waals surface area (Å²) in [5.74, 6) is -0.772. The lowest BCUT2D eigenvalue weighted by Gasteiger charge is -2.42. The summed E-state index contributed by atoms with van der Waals surface area (Å²) in [6.45, 7) is 2.35. The van der Waals surface area contributed by atoms with Gasteiger partial charge in [0.1, 0.15) is 78.1 Å². The van der Waals surface area contributed by atoms with E-state index in [4.69, 9.17) is 32.8 Å². The van der Waals surface area contributed by atoms with Crippen molar-refractivity contribution >= 4 is 11.0 Å². The molecule has 0 bridgehead atoms. The van der Waals surface area contributed by atoms with E-state index in [2.05, 4.69) is 0 Å². The lowest BCUT2D eigenvalue weighted by Crippen LogP contribution is -2.61. The number of ether oxygens (including phenoxy) is 6. The second-order valence-electron chi connectivity index (χ2n) is 12.7. The number of hydrogen-bond donors (Lipinski definition) is 10. The first-order valence-electron chi connectivity index (χ1n) is 16.1. The first-order chi connectivity index (χ1) is 24.2. The molecular formula is C33H40O18. The van der Waals surface area contributed by atoms with Gasteiger partial charge in [-0.1, -0.05) is 0 Å². The van der Waals surface area contributed by atoms with Gasteiger partial charge in [-0.15, -0.1) is 0 Å². The Morgan fingerprint density at radius 2 is 1.18 bits per heavy atom. The lowest BCUT2D eigenvalue weighted by atomic mass is 9.98. The monoisotopic (exact) mass is 724 g/mol. The zero-order valence-electron chi connectivity index (χ0n) is 27.1. The minimum Gasteiger partial charge on any atom is -0.508 e. The molecule has 3 fully saturated rings. The maximum Gasteiger partial charge on any atom is 0.235 e. The van der Waals surface area contributed by atoms with Crippen molar-refractivity contribution in [1.29, 1.82) is 0 Å². The molecule has 18 heteroatoms. The van der Waals surface area contributed by atoms with E-state index in [1.54, 1.807) is 0 Å². The number of aliphatic hydroxyl groups excluding tert-OH is 9. The standard InChI is InChI=1S/C33H40O18/c1-11-19(35)23(39)26(42)31(46-11)45-10-18-22(38)25(41)28(44)33(50-18)51-30-21(37)16-8-7-15(48-32-27(43)24(40)20(36)12(2)47-32)9-17(16)49-29(30)13-3-5-14(34)6-4-13/h3-9,11-12,18-20,22-28,31-36,38-44H,10H2,1-2H3/t11-,12-,18+,19-,20-,22-,23+,24+,25-,26+,27+,28+,31+,32-,33-/m0/s1. The number of rotatable bonds is 8. The number of hydrogen-bond acceptors (Lipinski definition) is 18. The summed E-state index contributed by atoms with van der Waals surface area (Å²) in [6, 6.07) is 9.39. The van der Waals surface area contributed by atoms with E-state index in [-0.39, 0.29) is 33.8 Å². The molecule has 2 aromatic carbocycles. The second-order valence-corrected chi connectivity index (χ2v) is 12.7. The van der Waals surface area contributed by atoms with Crippen LogP contribution in [0.15, 0.2) is 51.7 Å². The summed E-state index contributed by atoms with van der Waals surface area (Å²) in [5.41, 5.74) is -0.614. The van der Waals surface area contributed by atoms with E-state index < -0.39 is 110 Å². The molecule has 15 atom stereocenters. The van der Waals surface area contributed by atoms with Crippen LogP contribution >= 0.6 is 0 Å². The minimum atomic E-state index is -1.92. The van der Waals surface area contributed by atoms with Gasteiger partial charge in [0.25, 0.3) is 0 Å². The quantitative estimate of drug-likeness (QED) is 0.114. The van der Waals surface area contributed by atoms with E-state index >= 15 is 0 Å². The third kappa shape index (κ3) is 7.29. The van der Waals surface area contributed by atoms with Crippen LogP contribution in [-0.2, 0) is 18.9 Å². The molecule has 0 aliphatic carbocycles. The largest absolute Gasteiger partial charge is 0.508 e. The van der Waals surface area contributed by atoms with E-state index in [0.717, 1.165) is 0 Å². The van der Waals surface area contributed by atoms with Crippen molar-refractivity contribution in [1.82, 2.24) is 0 Å². The fourth-order valence-electron chi connectivity index (χ4n) is 5.99. The van der Waals surface area contributed by atoms with E-state index in [0.29, 0.717) is 0 Å². The molecule has 0 unspecified atom stereocenters.